The minimum Gasteiger partial charge on any atom is -0.846 e. The number of rotatable bonds is 14. The van der Waals surface area contributed by atoms with Crippen LogP contribution in [0.4, 0.5) is 68.9 Å². The van der Waals surface area contributed by atoms with E-state index in [1.807, 2.05) is 10.6 Å². The van der Waals surface area contributed by atoms with Crippen molar-refractivity contribution in [1.29, 1.82) is 0 Å². The summed E-state index contributed by atoms with van der Waals surface area (Å²) in [6.45, 7) is 20.9. The lowest BCUT2D eigenvalue weighted by molar-refractivity contribution is -0.665. The number of nitrogens with zero attached hydrogens (tertiary/aromatic N) is 2. The van der Waals surface area contributed by atoms with Crippen LogP contribution in [0.2, 0.25) is 36.3 Å². The molecule has 0 radical (unpaired) electrons. The highest BCUT2D eigenvalue weighted by molar-refractivity contribution is 6.74. The number of hydrogen-bond donors (Lipinski definition) is 5. The first-order valence-electron chi connectivity index (χ1n) is 20.9. The van der Waals surface area contributed by atoms with Crippen LogP contribution >= 0.6 is 0 Å². The summed E-state index contributed by atoms with van der Waals surface area (Å²) in [5.74, 6) is 0.457. The number of nitrogens with one attached hydrogen (secondary N) is 4. The van der Waals surface area contributed by atoms with E-state index >= 15 is 0 Å². The molecule has 1 fully saturated rings. The van der Waals surface area contributed by atoms with Crippen molar-refractivity contribution in [3.63, 3.8) is 0 Å². The number of amides is 2. The van der Waals surface area contributed by atoms with E-state index in [2.05, 4.69) is 87.9 Å². The second-order valence-corrected chi connectivity index (χ2v) is 28.6. The molecule has 0 aromatic heterocycles. The van der Waals surface area contributed by atoms with Gasteiger partial charge < -0.3 is 29.9 Å². The summed E-state index contributed by atoms with van der Waals surface area (Å²) in [7, 11) is -4.59. The van der Waals surface area contributed by atoms with Crippen LogP contribution in [0, 0.1) is 0 Å². The third-order valence-corrected chi connectivity index (χ3v) is 20.9. The predicted octanol–water partition coefficient (Wildman–Crippen LogP) is 8.81. The van der Waals surface area contributed by atoms with E-state index in [9.17, 15) is 62.6 Å². The highest BCUT2D eigenvalue weighted by Gasteiger charge is 2.45. The zero-order valence-corrected chi connectivity index (χ0v) is 40.4. The molecule has 2 atom stereocenters. The van der Waals surface area contributed by atoms with Gasteiger partial charge in [0.2, 0.25) is 0 Å². The number of hydrogen-bond acceptors (Lipinski definition) is 5. The predicted molar refractivity (Wildman–Crippen MR) is 229 cm³/mol. The quantitative estimate of drug-likeness (QED) is 0.0321. The molecule has 1 aliphatic rings. The second kappa shape index (κ2) is 21.1. The maximum absolute atomic E-state index is 13.4. The Balaban J connectivity index is 1.94. The van der Waals surface area contributed by atoms with Crippen LogP contribution in [0.25, 0.3) is 0 Å². The second-order valence-electron chi connectivity index (χ2n) is 19.0. The average molecular weight is 999 g/mol. The molecule has 1 aliphatic heterocycles. The minimum absolute atomic E-state index is 0.0446. The number of nitrogens with two attached hydrogens (primary N) is 1. The van der Waals surface area contributed by atoms with Crippen molar-refractivity contribution >= 4 is 46.0 Å². The third kappa shape index (κ3) is 16.3. The number of aliphatic imine (C=N–C) groups is 1. The smallest absolute Gasteiger partial charge is 0.441 e. The number of carbonyl (C=O) groups excluding carboxylic acids is 1. The monoisotopic (exact) mass is 998 g/mol. The molecule has 0 saturated carbocycles. The fourth-order valence-corrected chi connectivity index (χ4v) is 8.21. The summed E-state index contributed by atoms with van der Waals surface area (Å²) in [6.07, 6.45) is -19.3. The van der Waals surface area contributed by atoms with Gasteiger partial charge in [-0.25, -0.2) is 20.0 Å². The van der Waals surface area contributed by atoms with E-state index in [0.29, 0.717) is 56.3 Å². The first kappa shape index (κ1) is 56.2. The average Bonchev–Trinajstić information content (AvgIpc) is 3.55. The molecule has 66 heavy (non-hydrogen) atoms. The lowest BCUT2D eigenvalue weighted by Gasteiger charge is -2.37. The van der Waals surface area contributed by atoms with Crippen LogP contribution in [-0.2, 0) is 33.6 Å². The standard InChI is InChI=1S/C41H59F12N7O4Si2/c1-36(2,3)65(7,8)63-23-31-11-12-32(24-64-66(9,10)37(4,5)6)60(31)33(54-13-15-56-34(61)58-29-19-25(38(42,43)44)17-26(20-29)39(45,46)47)55-14-16-57-35(62)59-30-21-27(40(48,49)50)18-28(22-30)41(51,52)53/h17-22,31-32H,11-16,23-24H2,1-10H3,(H5,54,55,56,57,58,59,61,62)/p+1/t31-,32-/m0/s1. The van der Waals surface area contributed by atoms with Gasteiger partial charge in [-0.3, -0.25) is 4.99 Å². The van der Waals surface area contributed by atoms with Crippen molar-refractivity contribution < 1.29 is 81.3 Å². The van der Waals surface area contributed by atoms with Gasteiger partial charge in [-0.2, -0.15) is 52.7 Å². The van der Waals surface area contributed by atoms with Crippen molar-refractivity contribution in [2.75, 3.05) is 50.0 Å². The number of benzene rings is 2. The molecular formula is C41H60F12N7O4Si2+. The Morgan fingerprint density at radius 2 is 1.03 bits per heavy atom. The zero-order chi connectivity index (χ0) is 50.5. The highest BCUT2D eigenvalue weighted by Crippen LogP contribution is 2.41. The van der Waals surface area contributed by atoms with Crippen molar-refractivity contribution in [1.82, 2.24) is 10.6 Å². The van der Waals surface area contributed by atoms with Gasteiger partial charge in [0.05, 0.1) is 54.6 Å². The molecule has 2 aromatic carbocycles. The van der Waals surface area contributed by atoms with E-state index in [0.717, 1.165) is 0 Å². The van der Waals surface area contributed by atoms with Gasteiger partial charge in [-0.15, -0.1) is 0 Å². The Kier molecular flexibility index (Phi) is 17.9. The summed E-state index contributed by atoms with van der Waals surface area (Å²) >= 11 is 0. The summed E-state index contributed by atoms with van der Waals surface area (Å²) in [6, 6.07) is -1.52. The van der Waals surface area contributed by atoms with Crippen LogP contribution in [0.5, 0.6) is 0 Å². The lowest BCUT2D eigenvalue weighted by Crippen LogP contribution is -2.94. The third-order valence-electron chi connectivity index (χ3n) is 11.9. The van der Waals surface area contributed by atoms with Gasteiger partial charge >= 0.3 is 36.7 Å². The van der Waals surface area contributed by atoms with Gasteiger partial charge in [-0.05, 0) is 85.5 Å². The van der Waals surface area contributed by atoms with E-state index < -0.39 is 87.0 Å². The first-order chi connectivity index (χ1) is 29.8. The van der Waals surface area contributed by atoms with Gasteiger partial charge in [-0.1, -0.05) is 41.5 Å². The first-order valence-corrected chi connectivity index (χ1v) is 26.8. The number of carbonyl (C=O) groups is 1. The number of guanidine groups is 1. The van der Waals surface area contributed by atoms with Gasteiger partial charge in [0.1, 0.15) is 25.2 Å². The summed E-state index contributed by atoms with van der Waals surface area (Å²) in [5.41, 5.74) is -8.03. The van der Waals surface area contributed by atoms with Gasteiger partial charge in [0, 0.05) is 11.4 Å². The SMILES string of the molecule is CC(C)(C)[Si](C)(C)OC[C@@H]1CC[C@@H](CO[Si](C)(C)C(C)(C)C)[N+]1=C(NCCN=C([O-])Nc1cc(C(F)(F)F)cc(C(F)(F)F)c1)[NH2+]CCNC(=O)Nc1cc(C(F)(F)F)cc(C(F)(F)F)c1. The number of halogens is 12. The van der Waals surface area contributed by atoms with Crippen LogP contribution in [0.15, 0.2) is 41.4 Å². The molecule has 2 amide bonds. The number of urea groups is 1. The molecular weight excluding hydrogens is 939 g/mol. The van der Waals surface area contributed by atoms with Gasteiger partial charge in [0.25, 0.3) is 0 Å². The van der Waals surface area contributed by atoms with Crippen LogP contribution in [-0.4, -0.2) is 90.7 Å². The molecule has 11 nitrogen and oxygen atoms in total. The Morgan fingerprint density at radius 3 is 1.39 bits per heavy atom. The molecule has 374 valence electrons. The van der Waals surface area contributed by atoms with Gasteiger partial charge in [0.15, 0.2) is 16.6 Å². The molecule has 25 heteroatoms. The molecule has 1 heterocycles. The van der Waals surface area contributed by atoms with E-state index in [4.69, 9.17) is 8.85 Å². The van der Waals surface area contributed by atoms with E-state index in [-0.39, 0.29) is 60.5 Å². The fourth-order valence-electron chi connectivity index (χ4n) is 6.12. The Bertz CT molecular complexity index is 1940. The van der Waals surface area contributed by atoms with Crippen LogP contribution < -0.4 is 31.7 Å². The molecule has 3 rings (SSSR count). The Hall–Kier alpha value is -4.08. The molecule has 2 aromatic rings. The molecule has 0 bridgehead atoms. The topological polar surface area (TPSA) is 139 Å². The Morgan fingerprint density at radius 1 is 0.652 bits per heavy atom. The lowest BCUT2D eigenvalue weighted by atomic mass is 10.1. The van der Waals surface area contributed by atoms with Crippen molar-refractivity contribution in [2.24, 2.45) is 4.99 Å². The van der Waals surface area contributed by atoms with Crippen LogP contribution in [0.1, 0.15) is 76.6 Å². The highest BCUT2D eigenvalue weighted by atomic mass is 28.4. The summed E-state index contributed by atoms with van der Waals surface area (Å²) in [4.78, 5) is 16.6. The molecule has 1 saturated heterocycles. The van der Waals surface area contributed by atoms with Crippen molar-refractivity contribution in [3.05, 3.63) is 58.7 Å². The van der Waals surface area contributed by atoms with E-state index in [1.54, 1.807) is 5.32 Å². The largest absolute Gasteiger partial charge is 0.846 e. The number of alkyl halides is 12. The van der Waals surface area contributed by atoms with Crippen molar-refractivity contribution in [2.45, 2.75) is 127 Å². The van der Waals surface area contributed by atoms with Crippen molar-refractivity contribution in [3.8, 4) is 0 Å². The summed E-state index contributed by atoms with van der Waals surface area (Å²) in [5, 5.41) is 23.7. The maximum Gasteiger partial charge on any atom is 0.441 e. The zero-order valence-electron chi connectivity index (χ0n) is 38.4. The Labute approximate surface area is 378 Å². The molecule has 6 N–H and O–H groups in total. The number of quaternary nitrogens is 1. The summed E-state index contributed by atoms with van der Waals surface area (Å²) < 4.78 is 176. The molecule has 0 aliphatic carbocycles. The van der Waals surface area contributed by atoms with Crippen LogP contribution in [0.3, 0.4) is 0 Å². The molecule has 0 spiro atoms. The number of amidine groups is 1. The molecule has 0 unspecified atom stereocenters. The number of anilines is 2. The maximum atomic E-state index is 13.4. The fraction of sp³-hybridized carbons (Fsp3) is 0.634. The van der Waals surface area contributed by atoms with E-state index in [1.165, 1.54) is 0 Å². The normalized spacial score (nSPS) is 17.2. The minimum atomic E-state index is -5.15.